The van der Waals surface area contributed by atoms with Crippen LogP contribution in [0.25, 0.3) is 0 Å². The molecule has 4 nitrogen and oxygen atoms in total. The highest BCUT2D eigenvalue weighted by Gasteiger charge is 2.49. The zero-order valence-corrected chi connectivity index (χ0v) is 6.53. The maximum atomic E-state index is 10.6. The smallest absolute Gasteiger partial charge is 0.407 e. The van der Waals surface area contributed by atoms with Crippen molar-refractivity contribution in [3.05, 3.63) is 0 Å². The standard InChI is InChI=1S/C7H12N2O2/c1-8-2-3-9(7(10)11)6-4-5(6)8/h5-6H,2-4H2,1H3,(H,10,11). The summed E-state index contributed by atoms with van der Waals surface area (Å²) in [6.07, 6.45) is 0.272. The van der Waals surface area contributed by atoms with Crippen molar-refractivity contribution in [2.45, 2.75) is 18.5 Å². The van der Waals surface area contributed by atoms with Crippen molar-refractivity contribution >= 4 is 6.09 Å². The Kier molecular flexibility index (Phi) is 1.32. The molecule has 1 amide bonds. The first-order valence-electron chi connectivity index (χ1n) is 3.90. The molecular formula is C7H12N2O2. The predicted octanol–water partition coefficient (Wildman–Crippen LogP) is 0.0527. The number of hydrogen-bond donors (Lipinski definition) is 1. The van der Waals surface area contributed by atoms with Gasteiger partial charge in [-0.25, -0.2) is 4.79 Å². The Morgan fingerprint density at radius 2 is 2.18 bits per heavy atom. The first kappa shape index (κ1) is 6.91. The third-order valence-corrected chi connectivity index (χ3v) is 2.63. The normalized spacial score (nSPS) is 36.6. The molecule has 0 aromatic rings. The Morgan fingerprint density at radius 1 is 1.45 bits per heavy atom. The fourth-order valence-electron chi connectivity index (χ4n) is 1.81. The van der Waals surface area contributed by atoms with Crippen molar-refractivity contribution < 1.29 is 9.90 Å². The van der Waals surface area contributed by atoms with Crippen molar-refractivity contribution in [3.8, 4) is 0 Å². The lowest BCUT2D eigenvalue weighted by molar-refractivity contribution is 0.112. The number of piperazine rings is 1. The quantitative estimate of drug-likeness (QED) is 0.539. The van der Waals surface area contributed by atoms with Gasteiger partial charge in [0.05, 0.1) is 6.04 Å². The van der Waals surface area contributed by atoms with Crippen LogP contribution < -0.4 is 0 Å². The molecule has 1 saturated heterocycles. The molecule has 1 aliphatic heterocycles. The van der Waals surface area contributed by atoms with Crippen molar-refractivity contribution in [2.75, 3.05) is 20.1 Å². The van der Waals surface area contributed by atoms with Crippen LogP contribution in [-0.2, 0) is 0 Å². The number of hydrogen-bond acceptors (Lipinski definition) is 2. The van der Waals surface area contributed by atoms with Crippen LogP contribution in [0.5, 0.6) is 0 Å². The largest absolute Gasteiger partial charge is 0.465 e. The maximum absolute atomic E-state index is 10.6. The summed E-state index contributed by atoms with van der Waals surface area (Å²) in [5.74, 6) is 0. The van der Waals surface area contributed by atoms with E-state index < -0.39 is 6.09 Å². The minimum atomic E-state index is -0.759. The van der Waals surface area contributed by atoms with Gasteiger partial charge in [0.1, 0.15) is 0 Å². The third-order valence-electron chi connectivity index (χ3n) is 2.63. The number of likely N-dealkylation sites (N-methyl/N-ethyl adjacent to an activating group) is 1. The average Bonchev–Trinajstić information content (AvgIpc) is 2.66. The van der Waals surface area contributed by atoms with E-state index in [0.29, 0.717) is 18.6 Å². The van der Waals surface area contributed by atoms with Crippen molar-refractivity contribution in [1.82, 2.24) is 9.80 Å². The summed E-state index contributed by atoms with van der Waals surface area (Å²) in [4.78, 5) is 14.4. The summed E-state index contributed by atoms with van der Waals surface area (Å²) >= 11 is 0. The Morgan fingerprint density at radius 3 is 2.82 bits per heavy atom. The SMILES string of the molecule is CN1CCN(C(=O)O)C2CC21. The van der Waals surface area contributed by atoms with E-state index in [1.165, 1.54) is 0 Å². The Labute approximate surface area is 65.4 Å². The zero-order chi connectivity index (χ0) is 8.01. The van der Waals surface area contributed by atoms with Crippen LogP contribution in [0.2, 0.25) is 0 Å². The molecule has 0 spiro atoms. The molecule has 1 N–H and O–H groups in total. The number of nitrogens with zero attached hydrogens (tertiary/aromatic N) is 2. The fraction of sp³-hybridized carbons (Fsp3) is 0.857. The number of fused-ring (bicyclic) bond motifs is 1. The fourth-order valence-corrected chi connectivity index (χ4v) is 1.81. The monoisotopic (exact) mass is 156 g/mol. The minimum Gasteiger partial charge on any atom is -0.465 e. The molecule has 2 atom stereocenters. The van der Waals surface area contributed by atoms with Gasteiger partial charge in [0.25, 0.3) is 0 Å². The van der Waals surface area contributed by atoms with Gasteiger partial charge in [-0.3, -0.25) is 4.90 Å². The van der Waals surface area contributed by atoms with E-state index >= 15 is 0 Å². The van der Waals surface area contributed by atoms with Gasteiger partial charge in [-0.15, -0.1) is 0 Å². The van der Waals surface area contributed by atoms with Gasteiger partial charge in [-0.2, -0.15) is 0 Å². The van der Waals surface area contributed by atoms with Gasteiger partial charge < -0.3 is 10.0 Å². The van der Waals surface area contributed by atoms with Crippen molar-refractivity contribution in [3.63, 3.8) is 0 Å². The minimum absolute atomic E-state index is 0.297. The van der Waals surface area contributed by atoms with Gasteiger partial charge in [0.15, 0.2) is 0 Å². The summed E-state index contributed by atoms with van der Waals surface area (Å²) in [6.45, 7) is 1.56. The topological polar surface area (TPSA) is 43.8 Å². The van der Waals surface area contributed by atoms with E-state index in [-0.39, 0.29) is 0 Å². The Balaban J connectivity index is 2.02. The molecular weight excluding hydrogens is 144 g/mol. The van der Waals surface area contributed by atoms with Crippen LogP contribution in [0.1, 0.15) is 6.42 Å². The number of amides is 1. The van der Waals surface area contributed by atoms with E-state index in [1.807, 2.05) is 0 Å². The molecule has 2 fully saturated rings. The van der Waals surface area contributed by atoms with E-state index in [4.69, 9.17) is 5.11 Å². The van der Waals surface area contributed by atoms with Gasteiger partial charge in [0.2, 0.25) is 0 Å². The van der Waals surface area contributed by atoms with E-state index in [0.717, 1.165) is 13.0 Å². The molecule has 1 saturated carbocycles. The molecule has 0 radical (unpaired) electrons. The van der Waals surface area contributed by atoms with Crippen molar-refractivity contribution in [1.29, 1.82) is 0 Å². The maximum Gasteiger partial charge on any atom is 0.407 e. The highest BCUT2D eigenvalue weighted by Crippen LogP contribution is 2.35. The number of carbonyl (C=O) groups is 1. The van der Waals surface area contributed by atoms with Crippen LogP contribution in [0, 0.1) is 0 Å². The molecule has 1 heterocycles. The Bertz CT molecular complexity index is 195. The lowest BCUT2D eigenvalue weighted by atomic mass is 10.3. The first-order valence-corrected chi connectivity index (χ1v) is 3.90. The van der Waals surface area contributed by atoms with Crippen LogP contribution in [0.4, 0.5) is 4.79 Å². The average molecular weight is 156 g/mol. The highest BCUT2D eigenvalue weighted by molar-refractivity contribution is 5.66. The molecule has 0 bridgehead atoms. The second-order valence-corrected chi connectivity index (χ2v) is 3.33. The second-order valence-electron chi connectivity index (χ2n) is 3.33. The number of rotatable bonds is 0. The summed E-state index contributed by atoms with van der Waals surface area (Å²) in [6, 6.07) is 0.811. The second kappa shape index (κ2) is 2.11. The van der Waals surface area contributed by atoms with Gasteiger partial charge in [0, 0.05) is 19.1 Å². The van der Waals surface area contributed by atoms with Crippen molar-refractivity contribution in [2.24, 2.45) is 0 Å². The molecule has 11 heavy (non-hydrogen) atoms. The van der Waals surface area contributed by atoms with E-state index in [1.54, 1.807) is 4.90 Å². The molecule has 1 aliphatic carbocycles. The molecule has 2 aliphatic rings. The van der Waals surface area contributed by atoms with Gasteiger partial charge in [-0.05, 0) is 13.5 Å². The van der Waals surface area contributed by atoms with Gasteiger partial charge in [-0.1, -0.05) is 0 Å². The molecule has 0 aromatic carbocycles. The summed E-state index contributed by atoms with van der Waals surface area (Å²) in [7, 11) is 2.06. The first-order chi connectivity index (χ1) is 5.20. The highest BCUT2D eigenvalue weighted by atomic mass is 16.4. The van der Waals surface area contributed by atoms with Gasteiger partial charge >= 0.3 is 6.09 Å². The molecule has 4 heteroatoms. The predicted molar refractivity (Wildman–Crippen MR) is 39.6 cm³/mol. The zero-order valence-electron chi connectivity index (χ0n) is 6.53. The molecule has 0 aromatic heterocycles. The molecule has 2 unspecified atom stereocenters. The van der Waals surface area contributed by atoms with Crippen LogP contribution in [-0.4, -0.2) is 53.2 Å². The lowest BCUT2D eigenvalue weighted by Gasteiger charge is -2.29. The third kappa shape index (κ3) is 0.976. The van der Waals surface area contributed by atoms with E-state index in [2.05, 4.69) is 11.9 Å². The van der Waals surface area contributed by atoms with Crippen LogP contribution in [0.15, 0.2) is 0 Å². The number of carboxylic acid groups (broad SMARTS) is 1. The van der Waals surface area contributed by atoms with Crippen LogP contribution >= 0.6 is 0 Å². The summed E-state index contributed by atoms with van der Waals surface area (Å²) in [5, 5.41) is 8.73. The Hall–Kier alpha value is -0.770. The molecule has 62 valence electrons. The summed E-state index contributed by atoms with van der Waals surface area (Å²) in [5.41, 5.74) is 0. The van der Waals surface area contributed by atoms with Crippen LogP contribution in [0.3, 0.4) is 0 Å². The molecule has 2 rings (SSSR count). The summed E-state index contributed by atoms with van der Waals surface area (Å²) < 4.78 is 0. The van der Waals surface area contributed by atoms with E-state index in [9.17, 15) is 4.79 Å². The lowest BCUT2D eigenvalue weighted by Crippen LogP contribution is -2.46.